The van der Waals surface area contributed by atoms with Gasteiger partial charge in [-0.2, -0.15) is 0 Å². The quantitative estimate of drug-likeness (QED) is 0.613. The average Bonchev–Trinajstić information content (AvgIpc) is 2.18. The smallest absolute Gasteiger partial charge is 0.411 e. The number of ketones is 1. The fraction of sp³-hybridized carbons (Fsp3) is 0.769. The van der Waals surface area contributed by atoms with Gasteiger partial charge in [-0.25, -0.2) is 4.79 Å². The van der Waals surface area contributed by atoms with Crippen LogP contribution in [0.5, 0.6) is 0 Å². The van der Waals surface area contributed by atoms with Crippen LogP contribution in [0.2, 0.25) is 0 Å². The van der Waals surface area contributed by atoms with Crippen LogP contribution in [0.4, 0.5) is 4.79 Å². The third-order valence-electron chi connectivity index (χ3n) is 2.65. The van der Waals surface area contributed by atoms with E-state index in [9.17, 15) is 14.4 Å². The maximum atomic E-state index is 12.0. The third kappa shape index (κ3) is 4.54. The number of esters is 1. The van der Waals surface area contributed by atoms with E-state index >= 15 is 0 Å². The lowest BCUT2D eigenvalue weighted by atomic mass is 9.90. The Morgan fingerprint density at radius 1 is 1.26 bits per heavy atom. The zero-order chi connectivity index (χ0) is 14.7. The molecule has 0 unspecified atom stereocenters. The predicted molar refractivity (Wildman–Crippen MR) is 67.3 cm³/mol. The Morgan fingerprint density at radius 3 is 2.37 bits per heavy atom. The zero-order valence-electron chi connectivity index (χ0n) is 11.9. The lowest BCUT2D eigenvalue weighted by Crippen LogP contribution is -2.59. The van der Waals surface area contributed by atoms with Crippen LogP contribution in [0.25, 0.3) is 0 Å². The maximum Gasteiger partial charge on any atom is 0.411 e. The van der Waals surface area contributed by atoms with E-state index in [1.807, 2.05) is 0 Å². The van der Waals surface area contributed by atoms with Gasteiger partial charge in [0.05, 0.1) is 0 Å². The molecule has 1 atom stereocenters. The van der Waals surface area contributed by atoms with Crippen molar-refractivity contribution in [2.75, 3.05) is 0 Å². The van der Waals surface area contributed by atoms with Crippen molar-refractivity contribution in [2.45, 2.75) is 64.7 Å². The molecule has 0 heterocycles. The van der Waals surface area contributed by atoms with E-state index in [1.54, 1.807) is 20.8 Å². The molecule has 1 aliphatic rings. The summed E-state index contributed by atoms with van der Waals surface area (Å²) in [6.45, 7) is 6.36. The summed E-state index contributed by atoms with van der Waals surface area (Å²) >= 11 is 0. The highest BCUT2D eigenvalue weighted by atomic mass is 16.6. The highest BCUT2D eigenvalue weighted by molar-refractivity contribution is 5.92. The molecule has 6 nitrogen and oxygen atoms in total. The van der Waals surface area contributed by atoms with Crippen molar-refractivity contribution in [1.82, 2.24) is 5.32 Å². The Balaban J connectivity index is 2.83. The Morgan fingerprint density at radius 2 is 1.89 bits per heavy atom. The van der Waals surface area contributed by atoms with Crippen molar-refractivity contribution < 1.29 is 23.9 Å². The average molecular weight is 271 g/mol. The van der Waals surface area contributed by atoms with Gasteiger partial charge in [0.2, 0.25) is 5.72 Å². The minimum absolute atomic E-state index is 0.281. The predicted octanol–water partition coefficient (Wildman–Crippen LogP) is 1.91. The van der Waals surface area contributed by atoms with Crippen molar-refractivity contribution >= 4 is 17.8 Å². The topological polar surface area (TPSA) is 81.7 Å². The number of carbonyl (C=O) groups excluding carboxylic acids is 3. The van der Waals surface area contributed by atoms with Crippen LogP contribution in [-0.4, -0.2) is 29.2 Å². The molecule has 0 radical (unpaired) electrons. The molecule has 0 aliphatic heterocycles. The molecule has 0 aromatic rings. The molecule has 0 spiro atoms. The van der Waals surface area contributed by atoms with Gasteiger partial charge in [0.25, 0.3) is 0 Å². The minimum Gasteiger partial charge on any atom is -0.444 e. The zero-order valence-corrected chi connectivity index (χ0v) is 11.9. The molecule has 1 aliphatic carbocycles. The summed E-state index contributed by atoms with van der Waals surface area (Å²) in [6, 6.07) is 0. The van der Waals surface area contributed by atoms with Crippen molar-refractivity contribution in [2.24, 2.45) is 0 Å². The second kappa shape index (κ2) is 5.59. The molecule has 108 valence electrons. The Hall–Kier alpha value is -1.59. The first-order chi connectivity index (χ1) is 8.65. The fourth-order valence-corrected chi connectivity index (χ4v) is 1.98. The Labute approximate surface area is 112 Å². The van der Waals surface area contributed by atoms with Crippen molar-refractivity contribution in [3.63, 3.8) is 0 Å². The monoisotopic (exact) mass is 271 g/mol. The van der Waals surface area contributed by atoms with E-state index in [2.05, 4.69) is 5.32 Å². The third-order valence-corrected chi connectivity index (χ3v) is 2.65. The van der Waals surface area contributed by atoms with Crippen molar-refractivity contribution in [1.29, 1.82) is 0 Å². The lowest BCUT2D eigenvalue weighted by molar-refractivity contribution is -0.172. The molecule has 1 saturated carbocycles. The molecule has 1 fully saturated rings. The Bertz CT molecular complexity index is 385. The standard InChI is InChI=1S/C13H21NO5/c1-9(15)18-13(8-6-5-7-10(13)16)14-11(17)19-12(2,3)4/h5-8H2,1-4H3,(H,14,17)/t13-/m0/s1. The molecule has 6 heteroatoms. The fourth-order valence-electron chi connectivity index (χ4n) is 1.98. The van der Waals surface area contributed by atoms with Gasteiger partial charge in [-0.1, -0.05) is 0 Å². The summed E-state index contributed by atoms with van der Waals surface area (Å²) in [4.78, 5) is 35.0. The number of carbonyl (C=O) groups is 3. The second-order valence-electron chi connectivity index (χ2n) is 5.68. The lowest BCUT2D eigenvalue weighted by Gasteiger charge is -2.35. The van der Waals surface area contributed by atoms with E-state index < -0.39 is 23.4 Å². The second-order valence-corrected chi connectivity index (χ2v) is 5.68. The largest absolute Gasteiger partial charge is 0.444 e. The molecule has 0 aromatic heterocycles. The highest BCUT2D eigenvalue weighted by Crippen LogP contribution is 2.27. The molecule has 0 bridgehead atoms. The van der Waals surface area contributed by atoms with Crippen LogP contribution in [0.3, 0.4) is 0 Å². The SMILES string of the molecule is CC(=O)O[C@@]1(NC(=O)OC(C)(C)C)CCCCC1=O. The minimum atomic E-state index is -1.56. The summed E-state index contributed by atoms with van der Waals surface area (Å²) < 4.78 is 10.2. The molecule has 0 saturated heterocycles. The van der Waals surface area contributed by atoms with Gasteiger partial charge >= 0.3 is 12.1 Å². The van der Waals surface area contributed by atoms with Gasteiger partial charge in [-0.3, -0.25) is 14.9 Å². The first-order valence-electron chi connectivity index (χ1n) is 6.39. The number of rotatable bonds is 2. The number of alkyl carbamates (subject to hydrolysis) is 1. The van der Waals surface area contributed by atoms with Gasteiger partial charge in [0.15, 0.2) is 5.78 Å². The number of ether oxygens (including phenoxy) is 2. The number of nitrogens with one attached hydrogen (secondary N) is 1. The van der Waals surface area contributed by atoms with Gasteiger partial charge in [-0.05, 0) is 33.6 Å². The van der Waals surface area contributed by atoms with E-state index in [4.69, 9.17) is 9.47 Å². The van der Waals surface area contributed by atoms with E-state index in [0.29, 0.717) is 6.42 Å². The van der Waals surface area contributed by atoms with Crippen LogP contribution in [-0.2, 0) is 19.1 Å². The van der Waals surface area contributed by atoms with Crippen LogP contribution in [0.1, 0.15) is 53.4 Å². The maximum absolute atomic E-state index is 12.0. The van der Waals surface area contributed by atoms with Crippen LogP contribution >= 0.6 is 0 Å². The van der Waals surface area contributed by atoms with E-state index in [0.717, 1.165) is 6.42 Å². The van der Waals surface area contributed by atoms with E-state index in [1.165, 1.54) is 6.92 Å². The molecule has 0 aromatic carbocycles. The number of hydrogen-bond donors (Lipinski definition) is 1. The summed E-state index contributed by atoms with van der Waals surface area (Å²) in [5.41, 5.74) is -2.24. The summed E-state index contributed by atoms with van der Waals surface area (Å²) in [5.74, 6) is -0.897. The first-order valence-corrected chi connectivity index (χ1v) is 6.39. The molecule has 1 N–H and O–H groups in total. The highest BCUT2D eigenvalue weighted by Gasteiger charge is 2.45. The number of hydrogen-bond acceptors (Lipinski definition) is 5. The van der Waals surface area contributed by atoms with Crippen molar-refractivity contribution in [3.05, 3.63) is 0 Å². The van der Waals surface area contributed by atoms with E-state index in [-0.39, 0.29) is 18.6 Å². The molecular weight excluding hydrogens is 250 g/mol. The molecule has 1 rings (SSSR count). The summed E-state index contributed by atoms with van der Waals surface area (Å²) in [6.07, 6.45) is 1.24. The van der Waals surface area contributed by atoms with Crippen LogP contribution in [0, 0.1) is 0 Å². The van der Waals surface area contributed by atoms with Crippen LogP contribution < -0.4 is 5.32 Å². The summed E-state index contributed by atoms with van der Waals surface area (Å²) in [7, 11) is 0. The number of amides is 1. The number of Topliss-reactive ketones (excluding diaryl/α,β-unsaturated/α-hetero) is 1. The Kier molecular flexibility index (Phi) is 4.55. The van der Waals surface area contributed by atoms with Crippen molar-refractivity contribution in [3.8, 4) is 0 Å². The summed E-state index contributed by atoms with van der Waals surface area (Å²) in [5, 5.41) is 2.42. The van der Waals surface area contributed by atoms with Crippen LogP contribution in [0.15, 0.2) is 0 Å². The molecule has 1 amide bonds. The molecule has 19 heavy (non-hydrogen) atoms. The van der Waals surface area contributed by atoms with Gasteiger partial charge in [-0.15, -0.1) is 0 Å². The molecular formula is C13H21NO5. The normalized spacial score (nSPS) is 23.7. The van der Waals surface area contributed by atoms with Gasteiger partial charge < -0.3 is 9.47 Å². The van der Waals surface area contributed by atoms with Gasteiger partial charge in [0, 0.05) is 19.8 Å². The first kappa shape index (κ1) is 15.5. The van der Waals surface area contributed by atoms with Gasteiger partial charge in [0.1, 0.15) is 5.60 Å².